The van der Waals surface area contributed by atoms with Crippen molar-refractivity contribution >= 4 is 23.5 Å². The van der Waals surface area contributed by atoms with Gasteiger partial charge in [0.1, 0.15) is 28.8 Å². The quantitative estimate of drug-likeness (QED) is 0.218. The highest BCUT2D eigenvalue weighted by Crippen LogP contribution is 2.34. The van der Waals surface area contributed by atoms with E-state index in [-0.39, 0.29) is 17.3 Å². The second kappa shape index (κ2) is 12.2. The Morgan fingerprint density at radius 2 is 1.43 bits per heavy atom. The van der Waals surface area contributed by atoms with Gasteiger partial charge in [0, 0.05) is 42.5 Å². The topological polar surface area (TPSA) is 125 Å². The van der Waals surface area contributed by atoms with Gasteiger partial charge in [-0.15, -0.1) is 0 Å². The molecule has 0 saturated carbocycles. The van der Waals surface area contributed by atoms with E-state index in [2.05, 4.69) is 19.2 Å². The first-order chi connectivity index (χ1) is 19.0. The molecular formula is C30H31FN2O7. The van der Waals surface area contributed by atoms with Gasteiger partial charge in [-0.05, 0) is 73.7 Å². The number of benzene rings is 3. The number of likely N-dealkylation sites (tertiary alicyclic amines) is 1. The first kappa shape index (κ1) is 28.6. The maximum absolute atomic E-state index is 13.4. The number of anilines is 1. The van der Waals surface area contributed by atoms with Crippen LogP contribution in [0.4, 0.5) is 14.9 Å². The molecule has 210 valence electrons. The smallest absolute Gasteiger partial charge is 0.377 e. The fourth-order valence-corrected chi connectivity index (χ4v) is 4.63. The van der Waals surface area contributed by atoms with E-state index in [1.807, 2.05) is 0 Å². The Labute approximate surface area is 231 Å². The number of hydrogen-bond acceptors (Lipinski definition) is 6. The fraction of sp³-hybridized carbons (Fsp3) is 0.300. The summed E-state index contributed by atoms with van der Waals surface area (Å²) < 4.78 is 25.1. The standard InChI is InChI=1S/C30H31FN2O7/c1-19(2)18-30(38)11-13-33(14-12-30)29(37)32-22-15-25(17-26(16-22)40-24-9-5-21(31)6-10-24)39-23-7-3-20(4-8-23)27(34)28(35)36/h3-10,15-17,19,38H,11-14,18H2,1-2H3,(H,32,37)(H,35,36). The number of nitrogens with zero attached hydrogens (tertiary/aromatic N) is 1. The van der Waals surface area contributed by atoms with Gasteiger partial charge in [-0.2, -0.15) is 0 Å². The fourth-order valence-electron chi connectivity index (χ4n) is 4.63. The highest BCUT2D eigenvalue weighted by molar-refractivity contribution is 6.39. The van der Waals surface area contributed by atoms with Gasteiger partial charge in [0.05, 0.1) is 5.60 Å². The summed E-state index contributed by atoms with van der Waals surface area (Å²) >= 11 is 0. The third-order valence-electron chi connectivity index (χ3n) is 6.50. The molecule has 1 aliphatic heterocycles. The Hall–Kier alpha value is -4.44. The largest absolute Gasteiger partial charge is 0.475 e. The van der Waals surface area contributed by atoms with Gasteiger partial charge in [-0.1, -0.05) is 13.8 Å². The number of carboxylic acids is 1. The molecule has 1 fully saturated rings. The maximum atomic E-state index is 13.4. The maximum Gasteiger partial charge on any atom is 0.377 e. The van der Waals surface area contributed by atoms with Crippen LogP contribution in [0.2, 0.25) is 0 Å². The van der Waals surface area contributed by atoms with Gasteiger partial charge in [-0.3, -0.25) is 4.79 Å². The molecule has 1 saturated heterocycles. The third kappa shape index (κ3) is 7.57. The molecule has 9 nitrogen and oxygen atoms in total. The van der Waals surface area contributed by atoms with Crippen LogP contribution in [0, 0.1) is 11.7 Å². The van der Waals surface area contributed by atoms with E-state index in [4.69, 9.17) is 14.6 Å². The number of halogens is 1. The Balaban J connectivity index is 1.52. The predicted molar refractivity (Wildman–Crippen MR) is 146 cm³/mol. The van der Waals surface area contributed by atoms with Crippen molar-refractivity contribution in [1.29, 1.82) is 0 Å². The van der Waals surface area contributed by atoms with Gasteiger partial charge in [-0.25, -0.2) is 14.0 Å². The van der Waals surface area contributed by atoms with Crippen LogP contribution in [0.5, 0.6) is 23.0 Å². The normalized spacial score (nSPS) is 14.5. The number of piperidine rings is 1. The molecule has 1 heterocycles. The molecule has 0 radical (unpaired) electrons. The van der Waals surface area contributed by atoms with Crippen molar-refractivity contribution in [2.24, 2.45) is 5.92 Å². The first-order valence-corrected chi connectivity index (χ1v) is 12.9. The number of nitrogens with one attached hydrogen (secondary N) is 1. The number of ketones is 1. The zero-order valence-electron chi connectivity index (χ0n) is 22.2. The average Bonchev–Trinajstić information content (AvgIpc) is 2.89. The van der Waals surface area contributed by atoms with Crippen molar-refractivity contribution in [3.8, 4) is 23.0 Å². The number of rotatable bonds is 9. The van der Waals surface area contributed by atoms with Gasteiger partial charge in [0.15, 0.2) is 0 Å². The van der Waals surface area contributed by atoms with Crippen LogP contribution in [0.15, 0.2) is 66.7 Å². The molecule has 0 unspecified atom stereocenters. The molecule has 0 bridgehead atoms. The number of hydrogen-bond donors (Lipinski definition) is 3. The van der Waals surface area contributed by atoms with E-state index in [1.165, 1.54) is 48.5 Å². The summed E-state index contributed by atoms with van der Waals surface area (Å²) in [6.45, 7) is 4.93. The van der Waals surface area contributed by atoms with E-state index >= 15 is 0 Å². The number of urea groups is 1. The second-order valence-corrected chi connectivity index (χ2v) is 10.2. The molecule has 0 aliphatic carbocycles. The first-order valence-electron chi connectivity index (χ1n) is 12.9. The Morgan fingerprint density at radius 1 is 0.900 bits per heavy atom. The van der Waals surface area contributed by atoms with Crippen LogP contribution < -0.4 is 14.8 Å². The zero-order valence-corrected chi connectivity index (χ0v) is 22.2. The SMILES string of the molecule is CC(C)CC1(O)CCN(C(=O)Nc2cc(Oc3ccc(F)cc3)cc(Oc3ccc(C(=O)C(=O)O)cc3)c2)CC1. The van der Waals surface area contributed by atoms with E-state index in [9.17, 15) is 23.9 Å². The second-order valence-electron chi connectivity index (χ2n) is 10.2. The monoisotopic (exact) mass is 550 g/mol. The Bertz CT molecular complexity index is 1370. The molecule has 0 atom stereocenters. The van der Waals surface area contributed by atoms with E-state index in [1.54, 1.807) is 23.1 Å². The van der Waals surface area contributed by atoms with Crippen LogP contribution in [0.1, 0.15) is 43.5 Å². The highest BCUT2D eigenvalue weighted by atomic mass is 19.1. The van der Waals surface area contributed by atoms with Crippen LogP contribution in [0.3, 0.4) is 0 Å². The minimum Gasteiger partial charge on any atom is -0.475 e. The van der Waals surface area contributed by atoms with Crippen LogP contribution >= 0.6 is 0 Å². The number of carboxylic acid groups (broad SMARTS) is 1. The minimum atomic E-state index is -1.56. The van der Waals surface area contributed by atoms with Gasteiger partial charge < -0.3 is 29.9 Å². The lowest BCUT2D eigenvalue weighted by atomic mass is 9.84. The van der Waals surface area contributed by atoms with Crippen LogP contribution in [-0.4, -0.2) is 51.6 Å². The van der Waals surface area contributed by atoms with Crippen molar-refractivity contribution in [1.82, 2.24) is 4.90 Å². The highest BCUT2D eigenvalue weighted by Gasteiger charge is 2.34. The van der Waals surface area contributed by atoms with Crippen molar-refractivity contribution in [3.63, 3.8) is 0 Å². The summed E-state index contributed by atoms with van der Waals surface area (Å²) in [4.78, 5) is 37.3. The molecule has 1 aliphatic rings. The van der Waals surface area contributed by atoms with Gasteiger partial charge >= 0.3 is 12.0 Å². The summed E-state index contributed by atoms with van der Waals surface area (Å²) in [7, 11) is 0. The molecule has 40 heavy (non-hydrogen) atoms. The molecule has 3 N–H and O–H groups in total. The molecule has 10 heteroatoms. The number of amides is 2. The van der Waals surface area contributed by atoms with Crippen molar-refractivity contribution in [3.05, 3.63) is 78.1 Å². The summed E-state index contributed by atoms with van der Waals surface area (Å²) in [5, 5.41) is 22.6. The summed E-state index contributed by atoms with van der Waals surface area (Å²) in [6.07, 6.45) is 1.65. The van der Waals surface area contributed by atoms with E-state index in [0.717, 1.165) is 0 Å². The summed E-state index contributed by atoms with van der Waals surface area (Å²) in [5.74, 6) is -1.37. The van der Waals surface area contributed by atoms with Gasteiger partial charge in [0.2, 0.25) is 0 Å². The molecule has 3 aromatic rings. The van der Waals surface area contributed by atoms with Crippen molar-refractivity contribution in [2.75, 3.05) is 18.4 Å². The lowest BCUT2D eigenvalue weighted by Crippen LogP contribution is -2.48. The molecule has 4 rings (SSSR count). The minimum absolute atomic E-state index is 0.00280. The lowest BCUT2D eigenvalue weighted by Gasteiger charge is -2.39. The number of carbonyl (C=O) groups excluding carboxylic acids is 2. The number of Topliss-reactive ketones (excluding diaryl/α,β-unsaturated/α-hetero) is 1. The van der Waals surface area contributed by atoms with Crippen LogP contribution in [-0.2, 0) is 4.79 Å². The summed E-state index contributed by atoms with van der Waals surface area (Å²) in [6, 6.07) is 15.4. The average molecular weight is 551 g/mol. The van der Waals surface area contributed by atoms with E-state index in [0.29, 0.717) is 61.2 Å². The lowest BCUT2D eigenvalue weighted by molar-refractivity contribution is -0.131. The van der Waals surface area contributed by atoms with Crippen LogP contribution in [0.25, 0.3) is 0 Å². The molecule has 0 spiro atoms. The van der Waals surface area contributed by atoms with Crippen molar-refractivity contribution in [2.45, 2.75) is 38.7 Å². The Kier molecular flexibility index (Phi) is 8.69. The third-order valence-corrected chi connectivity index (χ3v) is 6.50. The molecule has 3 aromatic carbocycles. The Morgan fingerprint density at radius 3 is 1.93 bits per heavy atom. The number of carbonyl (C=O) groups is 3. The van der Waals surface area contributed by atoms with E-state index < -0.39 is 23.2 Å². The zero-order chi connectivity index (χ0) is 28.9. The van der Waals surface area contributed by atoms with Gasteiger partial charge in [0.25, 0.3) is 5.78 Å². The molecular weight excluding hydrogens is 519 g/mol. The number of aliphatic carboxylic acids is 1. The van der Waals surface area contributed by atoms with Crippen molar-refractivity contribution < 1.29 is 38.5 Å². The predicted octanol–water partition coefficient (Wildman–Crippen LogP) is 6.08. The summed E-state index contributed by atoms with van der Waals surface area (Å²) in [5.41, 5.74) is -0.400. The molecule has 0 aromatic heterocycles. The molecule has 2 amide bonds. The number of aliphatic hydroxyl groups is 1. The number of ether oxygens (including phenoxy) is 2.